The molecule has 0 radical (unpaired) electrons. The molecular formula is C20H19NO2. The maximum atomic E-state index is 12.5. The summed E-state index contributed by atoms with van der Waals surface area (Å²) in [6.07, 6.45) is 0. The fraction of sp³-hybridized carbons (Fsp3) is 0.150. The Morgan fingerprint density at radius 1 is 1.00 bits per heavy atom. The van der Waals surface area contributed by atoms with Crippen molar-refractivity contribution in [2.24, 2.45) is 0 Å². The molecule has 23 heavy (non-hydrogen) atoms. The van der Waals surface area contributed by atoms with Gasteiger partial charge < -0.3 is 10.1 Å². The van der Waals surface area contributed by atoms with E-state index in [1.54, 1.807) is 7.11 Å². The molecule has 0 bridgehead atoms. The van der Waals surface area contributed by atoms with E-state index in [9.17, 15) is 4.79 Å². The minimum absolute atomic E-state index is 0.131. The van der Waals surface area contributed by atoms with Gasteiger partial charge in [0, 0.05) is 6.54 Å². The molecule has 0 saturated carbocycles. The number of fused-ring (bicyclic) bond motifs is 1. The second kappa shape index (κ2) is 6.53. The minimum Gasteiger partial charge on any atom is -0.496 e. The van der Waals surface area contributed by atoms with Crippen molar-refractivity contribution in [1.82, 2.24) is 5.32 Å². The van der Waals surface area contributed by atoms with Crippen molar-refractivity contribution >= 4 is 16.7 Å². The first kappa shape index (κ1) is 15.1. The van der Waals surface area contributed by atoms with E-state index >= 15 is 0 Å². The van der Waals surface area contributed by atoms with Crippen molar-refractivity contribution in [3.63, 3.8) is 0 Å². The van der Waals surface area contributed by atoms with Gasteiger partial charge in [-0.1, -0.05) is 54.1 Å². The summed E-state index contributed by atoms with van der Waals surface area (Å²) in [5.41, 5.74) is 2.83. The zero-order valence-electron chi connectivity index (χ0n) is 13.3. The molecule has 0 aliphatic carbocycles. The van der Waals surface area contributed by atoms with Crippen LogP contribution in [0.3, 0.4) is 0 Å². The lowest BCUT2D eigenvalue weighted by molar-refractivity contribution is 0.0948. The Hall–Kier alpha value is -2.81. The summed E-state index contributed by atoms with van der Waals surface area (Å²) in [5.74, 6) is 0.457. The van der Waals surface area contributed by atoms with E-state index in [1.807, 2.05) is 67.6 Å². The molecule has 0 atom stereocenters. The standard InChI is InChI=1S/C20H19NO2/c1-14-7-9-15(10-8-14)13-21-20(22)18-11-16-5-3-4-6-17(16)12-19(18)23-2/h3-12H,13H2,1-2H3,(H,21,22). The zero-order valence-corrected chi connectivity index (χ0v) is 13.3. The van der Waals surface area contributed by atoms with E-state index < -0.39 is 0 Å². The molecule has 0 aliphatic rings. The maximum Gasteiger partial charge on any atom is 0.255 e. The van der Waals surface area contributed by atoms with Gasteiger partial charge in [-0.25, -0.2) is 0 Å². The number of carbonyl (C=O) groups excluding carboxylic acids is 1. The molecule has 0 aliphatic heterocycles. The Morgan fingerprint density at radius 2 is 1.65 bits per heavy atom. The van der Waals surface area contributed by atoms with Crippen LogP contribution in [0.15, 0.2) is 60.7 Å². The van der Waals surface area contributed by atoms with Gasteiger partial charge in [0.2, 0.25) is 0 Å². The van der Waals surface area contributed by atoms with Gasteiger partial charge >= 0.3 is 0 Å². The first-order valence-corrected chi connectivity index (χ1v) is 7.58. The van der Waals surface area contributed by atoms with E-state index in [2.05, 4.69) is 5.32 Å². The molecule has 3 nitrogen and oxygen atoms in total. The van der Waals surface area contributed by atoms with Gasteiger partial charge in [0.1, 0.15) is 5.75 Å². The monoisotopic (exact) mass is 305 g/mol. The summed E-state index contributed by atoms with van der Waals surface area (Å²) < 4.78 is 5.38. The van der Waals surface area contributed by atoms with Crippen molar-refractivity contribution in [3.8, 4) is 5.75 Å². The Balaban J connectivity index is 1.83. The van der Waals surface area contributed by atoms with Crippen molar-refractivity contribution < 1.29 is 9.53 Å². The molecule has 3 heteroatoms. The highest BCUT2D eigenvalue weighted by Crippen LogP contribution is 2.25. The smallest absolute Gasteiger partial charge is 0.255 e. The van der Waals surface area contributed by atoms with E-state index in [0.29, 0.717) is 17.9 Å². The fourth-order valence-corrected chi connectivity index (χ4v) is 2.55. The molecule has 0 spiro atoms. The summed E-state index contributed by atoms with van der Waals surface area (Å²) in [7, 11) is 1.58. The highest BCUT2D eigenvalue weighted by molar-refractivity contribution is 6.01. The number of hydrogen-bond acceptors (Lipinski definition) is 2. The Morgan fingerprint density at radius 3 is 2.30 bits per heavy atom. The average Bonchev–Trinajstić information content (AvgIpc) is 2.59. The molecule has 0 heterocycles. The van der Waals surface area contributed by atoms with Crippen LogP contribution in [0.2, 0.25) is 0 Å². The zero-order chi connectivity index (χ0) is 16.2. The Bertz CT molecular complexity index is 838. The molecule has 1 N–H and O–H groups in total. The number of nitrogens with one attached hydrogen (secondary N) is 1. The second-order valence-corrected chi connectivity index (χ2v) is 5.57. The van der Waals surface area contributed by atoms with E-state index in [1.165, 1.54) is 5.56 Å². The molecule has 3 rings (SSSR count). The number of aryl methyl sites for hydroxylation is 1. The van der Waals surface area contributed by atoms with Crippen LogP contribution in [-0.2, 0) is 6.54 Å². The SMILES string of the molecule is COc1cc2ccccc2cc1C(=O)NCc1ccc(C)cc1. The number of ether oxygens (including phenoxy) is 1. The number of rotatable bonds is 4. The van der Waals surface area contributed by atoms with E-state index in [0.717, 1.165) is 16.3 Å². The van der Waals surface area contributed by atoms with Gasteiger partial charge in [0.15, 0.2) is 0 Å². The molecular weight excluding hydrogens is 286 g/mol. The quantitative estimate of drug-likeness (QED) is 0.788. The highest BCUT2D eigenvalue weighted by atomic mass is 16.5. The third-order valence-electron chi connectivity index (χ3n) is 3.89. The molecule has 116 valence electrons. The molecule has 1 amide bonds. The van der Waals surface area contributed by atoms with Crippen molar-refractivity contribution in [2.75, 3.05) is 7.11 Å². The summed E-state index contributed by atoms with van der Waals surface area (Å²) in [5, 5.41) is 5.03. The van der Waals surface area contributed by atoms with Crippen LogP contribution >= 0.6 is 0 Å². The van der Waals surface area contributed by atoms with Crippen LogP contribution in [0.25, 0.3) is 10.8 Å². The number of carbonyl (C=O) groups is 1. The van der Waals surface area contributed by atoms with Gasteiger partial charge in [-0.3, -0.25) is 4.79 Å². The number of methoxy groups -OCH3 is 1. The molecule has 0 unspecified atom stereocenters. The number of benzene rings is 3. The van der Waals surface area contributed by atoms with Crippen molar-refractivity contribution in [3.05, 3.63) is 77.4 Å². The summed E-state index contributed by atoms with van der Waals surface area (Å²) >= 11 is 0. The molecule has 3 aromatic rings. The molecule has 0 fully saturated rings. The normalized spacial score (nSPS) is 10.5. The lowest BCUT2D eigenvalue weighted by atomic mass is 10.1. The Labute approximate surface area is 135 Å². The van der Waals surface area contributed by atoms with Gasteiger partial charge in [-0.2, -0.15) is 0 Å². The summed E-state index contributed by atoms with van der Waals surface area (Å²) in [4.78, 5) is 12.5. The molecule has 3 aromatic carbocycles. The molecule has 0 saturated heterocycles. The lowest BCUT2D eigenvalue weighted by Gasteiger charge is -2.11. The van der Waals surface area contributed by atoms with Crippen LogP contribution in [-0.4, -0.2) is 13.0 Å². The number of amides is 1. The van der Waals surface area contributed by atoms with Crippen LogP contribution in [0.5, 0.6) is 5.75 Å². The van der Waals surface area contributed by atoms with Crippen LogP contribution in [0, 0.1) is 6.92 Å². The largest absolute Gasteiger partial charge is 0.496 e. The second-order valence-electron chi connectivity index (χ2n) is 5.57. The number of hydrogen-bond donors (Lipinski definition) is 1. The predicted octanol–water partition coefficient (Wildman–Crippen LogP) is 4.09. The minimum atomic E-state index is -0.131. The Kier molecular flexibility index (Phi) is 4.29. The highest BCUT2D eigenvalue weighted by Gasteiger charge is 2.13. The third-order valence-corrected chi connectivity index (χ3v) is 3.89. The van der Waals surface area contributed by atoms with Gasteiger partial charge in [-0.05, 0) is 35.4 Å². The van der Waals surface area contributed by atoms with Gasteiger partial charge in [0.25, 0.3) is 5.91 Å². The third kappa shape index (κ3) is 3.34. The van der Waals surface area contributed by atoms with Crippen LogP contribution in [0.4, 0.5) is 0 Å². The van der Waals surface area contributed by atoms with E-state index in [-0.39, 0.29) is 5.91 Å². The van der Waals surface area contributed by atoms with Crippen LogP contribution in [0.1, 0.15) is 21.5 Å². The first-order valence-electron chi connectivity index (χ1n) is 7.58. The first-order chi connectivity index (χ1) is 11.2. The predicted molar refractivity (Wildman–Crippen MR) is 92.8 cm³/mol. The lowest BCUT2D eigenvalue weighted by Crippen LogP contribution is -2.23. The van der Waals surface area contributed by atoms with Crippen molar-refractivity contribution in [2.45, 2.75) is 13.5 Å². The van der Waals surface area contributed by atoms with Gasteiger partial charge in [0.05, 0.1) is 12.7 Å². The van der Waals surface area contributed by atoms with Crippen LogP contribution < -0.4 is 10.1 Å². The average molecular weight is 305 g/mol. The summed E-state index contributed by atoms with van der Waals surface area (Å²) in [6.45, 7) is 2.54. The fourth-order valence-electron chi connectivity index (χ4n) is 2.55. The molecule has 0 aromatic heterocycles. The summed E-state index contributed by atoms with van der Waals surface area (Å²) in [6, 6.07) is 19.8. The van der Waals surface area contributed by atoms with Crippen molar-refractivity contribution in [1.29, 1.82) is 0 Å². The topological polar surface area (TPSA) is 38.3 Å². The van der Waals surface area contributed by atoms with Gasteiger partial charge in [-0.15, -0.1) is 0 Å². The maximum absolute atomic E-state index is 12.5. The van der Waals surface area contributed by atoms with E-state index in [4.69, 9.17) is 4.74 Å².